The molecule has 1 N–H and O–H groups in total. The van der Waals surface area contributed by atoms with Gasteiger partial charge in [-0.05, 0) is 57.5 Å². The monoisotopic (exact) mass is 428 g/mol. The van der Waals surface area contributed by atoms with Crippen LogP contribution in [0, 0.1) is 27.7 Å². The fourth-order valence-corrected chi connectivity index (χ4v) is 3.37. The van der Waals surface area contributed by atoms with Gasteiger partial charge in [0.1, 0.15) is 6.61 Å². The topological polar surface area (TPSA) is 86.1 Å². The fourth-order valence-electron chi connectivity index (χ4n) is 3.37. The van der Waals surface area contributed by atoms with Crippen molar-refractivity contribution in [3.05, 3.63) is 93.2 Å². The van der Waals surface area contributed by atoms with Gasteiger partial charge in [-0.15, -0.1) is 0 Å². The average Bonchev–Trinajstić information content (AvgIpc) is 2.76. The van der Waals surface area contributed by atoms with Crippen molar-refractivity contribution in [2.45, 2.75) is 34.3 Å². The smallest absolute Gasteiger partial charge is 0.411 e. The minimum absolute atomic E-state index is 0.137. The summed E-state index contributed by atoms with van der Waals surface area (Å²) in [4.78, 5) is 33.7. The number of pyridine rings is 1. The molecule has 0 fully saturated rings. The fraction of sp³-hybridized carbons (Fsp3) is 0.200. The number of carbonyl (C=O) groups is 1. The number of rotatable bonds is 4. The van der Waals surface area contributed by atoms with Crippen LogP contribution in [0.4, 0.5) is 10.5 Å². The summed E-state index contributed by atoms with van der Waals surface area (Å²) in [6.07, 6.45) is 2.76. The number of carbonyl (C=O) groups excluding carboxylic acids is 1. The van der Waals surface area contributed by atoms with Crippen LogP contribution >= 0.6 is 0 Å². The highest BCUT2D eigenvalue weighted by Gasteiger charge is 2.11. The molecule has 0 aliphatic heterocycles. The Morgan fingerprint density at radius 3 is 2.31 bits per heavy atom. The van der Waals surface area contributed by atoms with Crippen molar-refractivity contribution in [2.75, 3.05) is 5.32 Å². The summed E-state index contributed by atoms with van der Waals surface area (Å²) in [6, 6.07) is 12.8. The number of aromatic nitrogens is 3. The molecular weight excluding hydrogens is 404 g/mol. The third kappa shape index (κ3) is 4.51. The highest BCUT2D eigenvalue weighted by molar-refractivity contribution is 5.84. The maximum absolute atomic E-state index is 12.3. The molecule has 0 atom stereocenters. The van der Waals surface area contributed by atoms with Gasteiger partial charge in [-0.25, -0.2) is 14.8 Å². The SMILES string of the molecule is Cc1ccc(NC(=O)OCc2cn(-c3cc4nc(C)c(C)nc4cc3C)ccc2=O)cc1. The molecule has 32 heavy (non-hydrogen) atoms. The average molecular weight is 428 g/mol. The lowest BCUT2D eigenvalue weighted by atomic mass is 10.1. The predicted molar refractivity (Wildman–Crippen MR) is 124 cm³/mol. The third-order valence-electron chi connectivity index (χ3n) is 5.33. The number of aryl methyl sites for hydroxylation is 4. The number of ether oxygens (including phenoxy) is 1. The molecule has 162 valence electrons. The zero-order valence-corrected chi connectivity index (χ0v) is 18.5. The molecule has 0 spiro atoms. The normalized spacial score (nSPS) is 10.9. The van der Waals surface area contributed by atoms with Crippen molar-refractivity contribution >= 4 is 22.8 Å². The maximum atomic E-state index is 12.3. The van der Waals surface area contributed by atoms with E-state index in [1.807, 2.05) is 56.5 Å². The number of hydrogen-bond acceptors (Lipinski definition) is 5. The van der Waals surface area contributed by atoms with Gasteiger partial charge in [-0.3, -0.25) is 10.1 Å². The molecule has 2 aromatic carbocycles. The Morgan fingerprint density at radius 2 is 1.62 bits per heavy atom. The van der Waals surface area contributed by atoms with Crippen molar-refractivity contribution in [1.82, 2.24) is 14.5 Å². The molecule has 0 radical (unpaired) electrons. The first kappa shape index (κ1) is 21.2. The molecule has 0 saturated carbocycles. The van der Waals surface area contributed by atoms with E-state index in [0.29, 0.717) is 11.3 Å². The van der Waals surface area contributed by atoms with Gasteiger partial charge in [-0.1, -0.05) is 17.7 Å². The van der Waals surface area contributed by atoms with Gasteiger partial charge in [0.25, 0.3) is 0 Å². The molecule has 4 rings (SSSR count). The highest BCUT2D eigenvalue weighted by atomic mass is 16.5. The van der Waals surface area contributed by atoms with Crippen LogP contribution in [0.2, 0.25) is 0 Å². The zero-order valence-electron chi connectivity index (χ0n) is 18.5. The third-order valence-corrected chi connectivity index (χ3v) is 5.33. The van der Waals surface area contributed by atoms with Crippen LogP contribution < -0.4 is 10.7 Å². The Morgan fingerprint density at radius 1 is 0.969 bits per heavy atom. The van der Waals surface area contributed by atoms with Crippen LogP contribution in [-0.4, -0.2) is 20.6 Å². The largest absolute Gasteiger partial charge is 0.444 e. The molecule has 7 heteroatoms. The number of anilines is 1. The lowest BCUT2D eigenvalue weighted by Crippen LogP contribution is -2.18. The molecule has 0 aliphatic carbocycles. The van der Waals surface area contributed by atoms with Crippen molar-refractivity contribution in [1.29, 1.82) is 0 Å². The predicted octanol–water partition coefficient (Wildman–Crippen LogP) is 4.76. The van der Waals surface area contributed by atoms with E-state index in [2.05, 4.69) is 15.3 Å². The van der Waals surface area contributed by atoms with E-state index in [1.165, 1.54) is 6.07 Å². The van der Waals surface area contributed by atoms with Crippen molar-refractivity contribution in [3.8, 4) is 5.69 Å². The van der Waals surface area contributed by atoms with Gasteiger partial charge >= 0.3 is 6.09 Å². The summed E-state index contributed by atoms with van der Waals surface area (Å²) in [5.41, 5.74) is 7.14. The number of nitrogens with one attached hydrogen (secondary N) is 1. The molecule has 7 nitrogen and oxygen atoms in total. The highest BCUT2D eigenvalue weighted by Crippen LogP contribution is 2.21. The molecule has 0 unspecified atom stereocenters. The van der Waals surface area contributed by atoms with E-state index in [0.717, 1.165) is 39.2 Å². The number of nitrogens with zero attached hydrogens (tertiary/aromatic N) is 3. The summed E-state index contributed by atoms with van der Waals surface area (Å²) >= 11 is 0. The Hall–Kier alpha value is -4.00. The first-order chi connectivity index (χ1) is 15.3. The molecule has 2 heterocycles. The lowest BCUT2D eigenvalue weighted by molar-refractivity contribution is 0.154. The van der Waals surface area contributed by atoms with Crippen LogP contribution in [0.1, 0.15) is 28.1 Å². The molecule has 4 aromatic rings. The second-order valence-electron chi connectivity index (χ2n) is 7.83. The second kappa shape index (κ2) is 8.63. The minimum atomic E-state index is -0.619. The molecule has 2 aromatic heterocycles. The van der Waals surface area contributed by atoms with Crippen LogP contribution in [-0.2, 0) is 11.3 Å². The van der Waals surface area contributed by atoms with E-state index >= 15 is 0 Å². The number of benzene rings is 2. The molecule has 0 saturated heterocycles. The van der Waals surface area contributed by atoms with Gasteiger partial charge < -0.3 is 9.30 Å². The maximum Gasteiger partial charge on any atom is 0.411 e. The summed E-state index contributed by atoms with van der Waals surface area (Å²) < 4.78 is 7.11. The zero-order chi connectivity index (χ0) is 22.8. The van der Waals surface area contributed by atoms with E-state index in [9.17, 15) is 9.59 Å². The second-order valence-corrected chi connectivity index (χ2v) is 7.83. The van der Waals surface area contributed by atoms with E-state index in [4.69, 9.17) is 4.74 Å². The first-order valence-electron chi connectivity index (χ1n) is 10.3. The summed E-state index contributed by atoms with van der Waals surface area (Å²) in [7, 11) is 0. The molecule has 0 aliphatic rings. The minimum Gasteiger partial charge on any atom is -0.444 e. The Labute approximate surface area is 185 Å². The lowest BCUT2D eigenvalue weighted by Gasteiger charge is -2.13. The number of amides is 1. The Balaban J connectivity index is 1.56. The van der Waals surface area contributed by atoms with E-state index in [1.54, 1.807) is 24.5 Å². The summed E-state index contributed by atoms with van der Waals surface area (Å²) in [6.45, 7) is 7.68. The van der Waals surface area contributed by atoms with Gasteiger partial charge in [0, 0.05) is 24.1 Å². The summed E-state index contributed by atoms with van der Waals surface area (Å²) in [5, 5.41) is 2.66. The number of hydrogen-bond donors (Lipinski definition) is 1. The van der Waals surface area contributed by atoms with Crippen molar-refractivity contribution in [2.24, 2.45) is 0 Å². The molecule has 1 amide bonds. The van der Waals surface area contributed by atoms with E-state index in [-0.39, 0.29) is 12.0 Å². The quantitative estimate of drug-likeness (QED) is 0.506. The summed E-state index contributed by atoms with van der Waals surface area (Å²) in [5.74, 6) is 0. The standard InChI is InChI=1S/C25H24N4O3/c1-15-5-7-20(8-6-15)28-25(31)32-14-19-13-29(10-9-24(19)30)23-12-22-21(11-16(23)2)26-17(3)18(4)27-22/h5-13H,14H2,1-4H3,(H,28,31). The van der Waals surface area contributed by atoms with Gasteiger partial charge in [0.05, 0.1) is 33.7 Å². The van der Waals surface area contributed by atoms with Gasteiger partial charge in [0.15, 0.2) is 5.43 Å². The van der Waals surface area contributed by atoms with Crippen LogP contribution in [0.15, 0.2) is 59.7 Å². The van der Waals surface area contributed by atoms with Crippen LogP contribution in [0.5, 0.6) is 0 Å². The molecule has 0 bridgehead atoms. The van der Waals surface area contributed by atoms with E-state index < -0.39 is 6.09 Å². The molecular formula is C25H24N4O3. The van der Waals surface area contributed by atoms with Crippen molar-refractivity contribution in [3.63, 3.8) is 0 Å². The Bertz CT molecular complexity index is 1370. The van der Waals surface area contributed by atoms with Gasteiger partial charge in [0.2, 0.25) is 0 Å². The van der Waals surface area contributed by atoms with Crippen LogP contribution in [0.25, 0.3) is 16.7 Å². The van der Waals surface area contributed by atoms with Crippen LogP contribution in [0.3, 0.4) is 0 Å². The Kier molecular flexibility index (Phi) is 5.73. The van der Waals surface area contributed by atoms with Crippen molar-refractivity contribution < 1.29 is 9.53 Å². The first-order valence-corrected chi connectivity index (χ1v) is 10.3. The number of fused-ring (bicyclic) bond motifs is 1. The van der Waals surface area contributed by atoms with Gasteiger partial charge in [-0.2, -0.15) is 0 Å².